The Bertz CT molecular complexity index is 207. The van der Waals surface area contributed by atoms with Gasteiger partial charge in [0.2, 0.25) is 0 Å². The maximum atomic E-state index is 4.53. The molecule has 0 bridgehead atoms. The molecule has 0 aromatic rings. The summed E-state index contributed by atoms with van der Waals surface area (Å²) in [5.74, 6) is 0. The number of nitrogens with zero attached hydrogens (tertiary/aromatic N) is 1. The average molecular weight is 182 g/mol. The molecule has 0 fully saturated rings. The number of hydrogen-bond donors (Lipinski definition) is 1. The van der Waals surface area contributed by atoms with Gasteiger partial charge >= 0.3 is 0 Å². The van der Waals surface area contributed by atoms with E-state index < -0.39 is 0 Å². The summed E-state index contributed by atoms with van der Waals surface area (Å²) in [4.78, 5) is 4.53. The minimum absolute atomic E-state index is 0.0209. The van der Waals surface area contributed by atoms with Crippen molar-refractivity contribution in [2.45, 2.75) is 47.1 Å². The van der Waals surface area contributed by atoms with Gasteiger partial charge in [0.15, 0.2) is 0 Å². The summed E-state index contributed by atoms with van der Waals surface area (Å²) in [6.45, 7) is 13.5. The van der Waals surface area contributed by atoms with Crippen LogP contribution in [-0.2, 0) is 0 Å². The number of allylic oxidation sites excluding steroid dienone is 2. The topological polar surface area (TPSA) is 24.4 Å². The van der Waals surface area contributed by atoms with Gasteiger partial charge in [0, 0.05) is 18.0 Å². The maximum absolute atomic E-state index is 4.53. The minimum Gasteiger partial charge on any atom is -0.389 e. The van der Waals surface area contributed by atoms with Gasteiger partial charge in [-0.1, -0.05) is 0 Å². The Kier molecular flexibility index (Phi) is 4.74. The van der Waals surface area contributed by atoms with Crippen molar-refractivity contribution in [1.29, 1.82) is 0 Å². The molecule has 0 aromatic heterocycles. The zero-order valence-corrected chi connectivity index (χ0v) is 9.73. The van der Waals surface area contributed by atoms with Gasteiger partial charge in [-0.2, -0.15) is 0 Å². The number of rotatable bonds is 3. The zero-order valence-electron chi connectivity index (χ0n) is 9.73. The maximum Gasteiger partial charge on any atom is 0.0527 e. The third-order valence-corrected chi connectivity index (χ3v) is 1.39. The lowest BCUT2D eigenvalue weighted by Gasteiger charge is -2.13. The van der Waals surface area contributed by atoms with E-state index in [1.165, 1.54) is 5.70 Å². The van der Waals surface area contributed by atoms with Gasteiger partial charge in [0.1, 0.15) is 0 Å². The highest BCUT2D eigenvalue weighted by Crippen LogP contribution is 2.07. The highest BCUT2D eigenvalue weighted by Gasteiger charge is 2.06. The predicted molar refractivity (Wildman–Crippen MR) is 60.3 cm³/mol. The van der Waals surface area contributed by atoms with E-state index in [1.807, 2.05) is 6.92 Å². The second-order valence-electron chi connectivity index (χ2n) is 4.28. The van der Waals surface area contributed by atoms with E-state index in [0.717, 1.165) is 12.3 Å². The molecule has 0 rings (SSSR count). The molecule has 0 unspecified atom stereocenters. The molecule has 0 atom stereocenters. The Balaban J connectivity index is 4.36. The average Bonchev–Trinajstić information content (AvgIpc) is 1.81. The Morgan fingerprint density at radius 2 is 1.85 bits per heavy atom. The molecule has 0 spiro atoms. The normalized spacial score (nSPS) is 14.6. The molecular formula is C11H22N2. The second-order valence-corrected chi connectivity index (χ2v) is 4.28. The molecule has 0 aliphatic heterocycles. The van der Waals surface area contributed by atoms with Gasteiger partial charge in [0.25, 0.3) is 0 Å². The first-order valence-electron chi connectivity index (χ1n) is 4.84. The van der Waals surface area contributed by atoms with Crippen molar-refractivity contribution < 1.29 is 0 Å². The van der Waals surface area contributed by atoms with E-state index in [0.29, 0.717) is 0 Å². The molecule has 13 heavy (non-hydrogen) atoms. The lowest BCUT2D eigenvalue weighted by molar-refractivity contribution is 0.584. The monoisotopic (exact) mass is 182 g/mol. The first-order valence-corrected chi connectivity index (χ1v) is 4.84. The quantitative estimate of drug-likeness (QED) is 0.667. The van der Waals surface area contributed by atoms with Crippen LogP contribution in [0, 0.1) is 0 Å². The third-order valence-electron chi connectivity index (χ3n) is 1.39. The Hall–Kier alpha value is -0.790. The van der Waals surface area contributed by atoms with Crippen LogP contribution in [0.15, 0.2) is 16.8 Å². The summed E-state index contributed by atoms with van der Waals surface area (Å²) in [6.07, 6.45) is 2.08. The fourth-order valence-electron chi connectivity index (χ4n) is 1.20. The summed E-state index contributed by atoms with van der Waals surface area (Å²) < 4.78 is 0. The largest absolute Gasteiger partial charge is 0.389 e. The fraction of sp³-hybridized carbons (Fsp3) is 0.727. The molecule has 0 heterocycles. The van der Waals surface area contributed by atoms with Crippen LogP contribution >= 0.6 is 0 Å². The molecule has 2 heteroatoms. The van der Waals surface area contributed by atoms with Crippen molar-refractivity contribution >= 4 is 5.71 Å². The minimum atomic E-state index is 0.0209. The van der Waals surface area contributed by atoms with Gasteiger partial charge in [-0.15, -0.1) is 0 Å². The molecule has 0 saturated carbocycles. The molecule has 1 N–H and O–H groups in total. The van der Waals surface area contributed by atoms with E-state index in [1.54, 1.807) is 0 Å². The molecule has 0 aliphatic rings. The number of hydrogen-bond acceptors (Lipinski definition) is 2. The van der Waals surface area contributed by atoms with E-state index in [2.05, 4.69) is 51.0 Å². The van der Waals surface area contributed by atoms with E-state index in [-0.39, 0.29) is 5.54 Å². The molecule has 76 valence electrons. The predicted octanol–water partition coefficient (Wildman–Crippen LogP) is 2.76. The van der Waals surface area contributed by atoms with Gasteiger partial charge in [-0.3, -0.25) is 4.99 Å². The van der Waals surface area contributed by atoms with Crippen LogP contribution in [0.25, 0.3) is 0 Å². The Morgan fingerprint density at radius 3 is 2.23 bits per heavy atom. The SMILES string of the molecule is CCNC(C)=CC(C)=NC(C)(C)C. The lowest BCUT2D eigenvalue weighted by Crippen LogP contribution is -2.14. The third kappa shape index (κ3) is 7.57. The van der Waals surface area contributed by atoms with Crippen LogP contribution in [0.2, 0.25) is 0 Å². The first-order chi connectivity index (χ1) is 5.85. The van der Waals surface area contributed by atoms with Crippen LogP contribution in [-0.4, -0.2) is 17.8 Å². The highest BCUT2D eigenvalue weighted by atomic mass is 14.9. The van der Waals surface area contributed by atoms with Crippen molar-refractivity contribution in [2.24, 2.45) is 4.99 Å². The van der Waals surface area contributed by atoms with Crippen LogP contribution in [0.5, 0.6) is 0 Å². The summed E-state index contributed by atoms with van der Waals surface area (Å²) in [6, 6.07) is 0. The van der Waals surface area contributed by atoms with E-state index in [4.69, 9.17) is 0 Å². The van der Waals surface area contributed by atoms with Crippen molar-refractivity contribution in [3.63, 3.8) is 0 Å². The number of nitrogens with one attached hydrogen (secondary N) is 1. The van der Waals surface area contributed by atoms with Crippen molar-refractivity contribution in [1.82, 2.24) is 5.32 Å². The van der Waals surface area contributed by atoms with Crippen LogP contribution in [0.1, 0.15) is 41.5 Å². The van der Waals surface area contributed by atoms with E-state index in [9.17, 15) is 0 Å². The van der Waals surface area contributed by atoms with Gasteiger partial charge < -0.3 is 5.32 Å². The van der Waals surface area contributed by atoms with Gasteiger partial charge in [0.05, 0.1) is 5.54 Å². The molecule has 0 amide bonds. The van der Waals surface area contributed by atoms with Crippen molar-refractivity contribution in [2.75, 3.05) is 6.54 Å². The van der Waals surface area contributed by atoms with Crippen LogP contribution in [0.4, 0.5) is 0 Å². The summed E-state index contributed by atoms with van der Waals surface area (Å²) in [5.41, 5.74) is 2.27. The number of aliphatic imine (C=N–C) groups is 1. The van der Waals surface area contributed by atoms with Crippen LogP contribution in [0.3, 0.4) is 0 Å². The standard InChI is InChI=1S/C11H22N2/c1-7-12-9(2)8-10(3)13-11(4,5)6/h8,12H,7H2,1-6H3. The van der Waals surface area contributed by atoms with Gasteiger partial charge in [-0.25, -0.2) is 0 Å². The molecule has 0 saturated heterocycles. The second kappa shape index (κ2) is 5.05. The molecule has 0 aliphatic carbocycles. The molecular weight excluding hydrogens is 160 g/mol. The Labute approximate surface area is 82.1 Å². The zero-order chi connectivity index (χ0) is 10.5. The van der Waals surface area contributed by atoms with E-state index >= 15 is 0 Å². The smallest absolute Gasteiger partial charge is 0.0527 e. The van der Waals surface area contributed by atoms with Crippen molar-refractivity contribution in [3.8, 4) is 0 Å². The first kappa shape index (κ1) is 12.2. The van der Waals surface area contributed by atoms with Crippen molar-refractivity contribution in [3.05, 3.63) is 11.8 Å². The Morgan fingerprint density at radius 1 is 1.31 bits per heavy atom. The summed E-state index contributed by atoms with van der Waals surface area (Å²) in [7, 11) is 0. The van der Waals surface area contributed by atoms with Crippen LogP contribution < -0.4 is 5.32 Å². The molecule has 2 nitrogen and oxygen atoms in total. The summed E-state index contributed by atoms with van der Waals surface area (Å²) in [5, 5.41) is 3.24. The summed E-state index contributed by atoms with van der Waals surface area (Å²) >= 11 is 0. The fourth-order valence-corrected chi connectivity index (χ4v) is 1.20. The molecule has 0 radical (unpaired) electrons. The molecule has 0 aromatic carbocycles. The highest BCUT2D eigenvalue weighted by molar-refractivity contribution is 5.93. The van der Waals surface area contributed by atoms with Gasteiger partial charge in [-0.05, 0) is 47.6 Å². The lowest BCUT2D eigenvalue weighted by atomic mass is 10.1.